The van der Waals surface area contributed by atoms with E-state index in [9.17, 15) is 4.79 Å². The number of nitrogens with zero attached hydrogens (tertiary/aromatic N) is 2. The summed E-state index contributed by atoms with van der Waals surface area (Å²) in [5.74, 6) is 2.20. The van der Waals surface area contributed by atoms with E-state index >= 15 is 0 Å². The van der Waals surface area contributed by atoms with Gasteiger partial charge in [-0.1, -0.05) is 0 Å². The van der Waals surface area contributed by atoms with Crippen LogP contribution in [-0.2, 0) is 0 Å². The number of hydrogen-bond donors (Lipinski definition) is 1. The molecule has 2 aromatic rings. The summed E-state index contributed by atoms with van der Waals surface area (Å²) in [6, 6.07) is 7.94. The van der Waals surface area contributed by atoms with Crippen molar-refractivity contribution in [2.24, 2.45) is 5.92 Å². The molecule has 1 aromatic heterocycles. The monoisotopic (exact) mass is 369 g/mol. The van der Waals surface area contributed by atoms with Gasteiger partial charge in [0, 0.05) is 36.2 Å². The van der Waals surface area contributed by atoms with Gasteiger partial charge in [0.05, 0.1) is 5.56 Å². The van der Waals surface area contributed by atoms with E-state index in [2.05, 4.69) is 9.88 Å². The van der Waals surface area contributed by atoms with Crippen LogP contribution in [-0.4, -0.2) is 55.3 Å². The van der Waals surface area contributed by atoms with Crippen molar-refractivity contribution in [3.8, 4) is 17.2 Å². The van der Waals surface area contributed by atoms with Crippen LogP contribution in [0.4, 0.5) is 0 Å². The fraction of sp³-hybridized carbons (Fsp3) is 0.476. The molecule has 1 fully saturated rings. The van der Waals surface area contributed by atoms with Crippen LogP contribution in [0.5, 0.6) is 11.5 Å². The Morgan fingerprint density at radius 2 is 1.96 bits per heavy atom. The van der Waals surface area contributed by atoms with Gasteiger partial charge < -0.3 is 24.3 Å². The van der Waals surface area contributed by atoms with Crippen molar-refractivity contribution in [1.82, 2.24) is 14.8 Å². The first-order chi connectivity index (χ1) is 13.1. The van der Waals surface area contributed by atoms with Crippen LogP contribution in [0, 0.1) is 19.8 Å². The van der Waals surface area contributed by atoms with E-state index in [0.717, 1.165) is 60.2 Å². The first kappa shape index (κ1) is 17.9. The number of carbonyl (C=O) groups excluding carboxylic acids is 1. The molecule has 0 aliphatic carbocycles. The summed E-state index contributed by atoms with van der Waals surface area (Å²) in [5, 5.41) is 3.22. The third-order valence-electron chi connectivity index (χ3n) is 5.51. The maximum atomic E-state index is 13.1. The van der Waals surface area contributed by atoms with E-state index in [4.69, 9.17) is 9.47 Å². The van der Waals surface area contributed by atoms with Crippen molar-refractivity contribution in [3.63, 3.8) is 0 Å². The van der Waals surface area contributed by atoms with Crippen molar-refractivity contribution in [2.75, 3.05) is 39.9 Å². The molecule has 2 aliphatic heterocycles. The highest BCUT2D eigenvalue weighted by atomic mass is 16.6. The number of nitrogens with one attached hydrogen (secondary N) is 1. The van der Waals surface area contributed by atoms with Gasteiger partial charge in [-0.15, -0.1) is 0 Å². The smallest absolute Gasteiger partial charge is 0.255 e. The number of aryl methyl sites for hydroxylation is 1. The maximum absolute atomic E-state index is 13.1. The fourth-order valence-electron chi connectivity index (χ4n) is 4.19. The Bertz CT molecular complexity index is 859. The van der Waals surface area contributed by atoms with Crippen molar-refractivity contribution in [1.29, 1.82) is 0 Å². The van der Waals surface area contributed by atoms with Crippen molar-refractivity contribution in [3.05, 3.63) is 41.2 Å². The average molecular weight is 369 g/mol. The zero-order valence-electron chi connectivity index (χ0n) is 16.2. The van der Waals surface area contributed by atoms with Crippen molar-refractivity contribution in [2.45, 2.75) is 20.3 Å². The predicted octanol–water partition coefficient (Wildman–Crippen LogP) is 2.55. The molecule has 2 aliphatic rings. The molecule has 1 N–H and O–H groups in total. The molecule has 1 amide bonds. The van der Waals surface area contributed by atoms with Crippen molar-refractivity contribution >= 4 is 5.91 Å². The molecule has 27 heavy (non-hydrogen) atoms. The lowest BCUT2D eigenvalue weighted by Gasteiger charge is -2.20. The van der Waals surface area contributed by atoms with Crippen LogP contribution in [0.3, 0.4) is 0 Å². The van der Waals surface area contributed by atoms with Crippen LogP contribution in [0.15, 0.2) is 24.3 Å². The maximum Gasteiger partial charge on any atom is 0.255 e. The standard InChI is InChI=1S/C21H27N3O3/c1-14-10-18(21(25)23-7-6-16(13-23)12-22-3)15(2)24(14)17-4-5-19-20(11-17)27-9-8-26-19/h4-5,10-11,16,22H,6-9,12-13H2,1-3H3. The summed E-state index contributed by atoms with van der Waals surface area (Å²) in [7, 11) is 1.96. The number of carbonyl (C=O) groups is 1. The summed E-state index contributed by atoms with van der Waals surface area (Å²) >= 11 is 0. The zero-order valence-corrected chi connectivity index (χ0v) is 16.2. The number of likely N-dealkylation sites (tertiary alicyclic amines) is 1. The Morgan fingerprint density at radius 1 is 1.19 bits per heavy atom. The van der Waals surface area contributed by atoms with Gasteiger partial charge in [-0.2, -0.15) is 0 Å². The molecule has 4 rings (SSSR count). The molecule has 3 heterocycles. The molecule has 1 aromatic carbocycles. The largest absolute Gasteiger partial charge is 0.486 e. The Kier molecular flexibility index (Phi) is 4.83. The number of hydrogen-bond acceptors (Lipinski definition) is 4. The predicted molar refractivity (Wildman–Crippen MR) is 104 cm³/mol. The third kappa shape index (κ3) is 3.30. The Labute approximate surface area is 160 Å². The molecule has 0 spiro atoms. The number of benzene rings is 1. The summed E-state index contributed by atoms with van der Waals surface area (Å²) in [6.45, 7) is 7.81. The molecule has 144 valence electrons. The van der Waals surface area contributed by atoms with Crippen LogP contribution in [0.1, 0.15) is 28.2 Å². The van der Waals surface area contributed by atoms with Gasteiger partial charge >= 0.3 is 0 Å². The lowest BCUT2D eigenvalue weighted by Crippen LogP contribution is -2.30. The first-order valence-corrected chi connectivity index (χ1v) is 9.61. The number of ether oxygens (including phenoxy) is 2. The topological polar surface area (TPSA) is 55.7 Å². The SMILES string of the molecule is CNCC1CCN(C(=O)c2cc(C)n(-c3ccc4c(c3)OCCO4)c2C)C1. The summed E-state index contributed by atoms with van der Waals surface area (Å²) in [5.41, 5.74) is 3.78. The van der Waals surface area contributed by atoms with Crippen LogP contribution in [0.25, 0.3) is 5.69 Å². The second-order valence-electron chi connectivity index (χ2n) is 7.41. The molecule has 0 radical (unpaired) electrons. The van der Waals surface area contributed by atoms with Gasteiger partial charge in [0.15, 0.2) is 11.5 Å². The van der Waals surface area contributed by atoms with Crippen LogP contribution < -0.4 is 14.8 Å². The second kappa shape index (κ2) is 7.27. The first-order valence-electron chi connectivity index (χ1n) is 9.61. The quantitative estimate of drug-likeness (QED) is 0.900. The van der Waals surface area contributed by atoms with Crippen molar-refractivity contribution < 1.29 is 14.3 Å². The lowest BCUT2D eigenvalue weighted by molar-refractivity contribution is 0.0786. The number of fused-ring (bicyclic) bond motifs is 1. The Morgan fingerprint density at radius 3 is 2.74 bits per heavy atom. The zero-order chi connectivity index (χ0) is 19.0. The number of rotatable bonds is 4. The minimum atomic E-state index is 0.130. The van der Waals surface area contributed by atoms with Gasteiger partial charge in [0.25, 0.3) is 5.91 Å². The third-order valence-corrected chi connectivity index (χ3v) is 5.51. The highest BCUT2D eigenvalue weighted by Gasteiger charge is 2.29. The van der Waals surface area contributed by atoms with E-state index < -0.39 is 0 Å². The Hall–Kier alpha value is -2.47. The van der Waals surface area contributed by atoms with Gasteiger partial charge in [-0.05, 0) is 58.0 Å². The summed E-state index contributed by atoms with van der Waals surface area (Å²) in [4.78, 5) is 15.1. The number of aromatic nitrogens is 1. The highest BCUT2D eigenvalue weighted by molar-refractivity contribution is 5.96. The van der Waals surface area contributed by atoms with E-state index in [1.165, 1.54) is 0 Å². The van der Waals surface area contributed by atoms with Crippen LogP contribution >= 0.6 is 0 Å². The lowest BCUT2D eigenvalue weighted by atomic mass is 10.1. The average Bonchev–Trinajstić information content (AvgIpc) is 3.25. The molecule has 6 heteroatoms. The van der Waals surface area contributed by atoms with Gasteiger partial charge in [-0.3, -0.25) is 4.79 Å². The second-order valence-corrected chi connectivity index (χ2v) is 7.41. The van der Waals surface area contributed by atoms with Crippen LogP contribution in [0.2, 0.25) is 0 Å². The Balaban J connectivity index is 1.62. The summed E-state index contributed by atoms with van der Waals surface area (Å²) < 4.78 is 13.4. The van der Waals surface area contributed by atoms with Gasteiger partial charge in [0.1, 0.15) is 13.2 Å². The molecule has 0 saturated carbocycles. The normalized spacial score (nSPS) is 18.8. The minimum absolute atomic E-state index is 0.130. The minimum Gasteiger partial charge on any atom is -0.486 e. The molecule has 6 nitrogen and oxygen atoms in total. The molecular weight excluding hydrogens is 342 g/mol. The van der Waals surface area contributed by atoms with E-state index in [0.29, 0.717) is 19.1 Å². The van der Waals surface area contributed by atoms with E-state index in [-0.39, 0.29) is 5.91 Å². The van der Waals surface area contributed by atoms with E-state index in [1.807, 2.05) is 50.1 Å². The molecule has 0 bridgehead atoms. The molecule has 1 saturated heterocycles. The van der Waals surface area contributed by atoms with Gasteiger partial charge in [0.2, 0.25) is 0 Å². The molecule has 1 unspecified atom stereocenters. The summed E-state index contributed by atoms with van der Waals surface area (Å²) in [6.07, 6.45) is 1.06. The fourth-order valence-corrected chi connectivity index (χ4v) is 4.19. The number of amides is 1. The highest BCUT2D eigenvalue weighted by Crippen LogP contribution is 2.33. The molecule has 1 atom stereocenters. The molecular formula is C21H27N3O3. The van der Waals surface area contributed by atoms with E-state index in [1.54, 1.807) is 0 Å². The van der Waals surface area contributed by atoms with Gasteiger partial charge in [-0.25, -0.2) is 0 Å².